The monoisotopic (exact) mass is 371 g/mol. The number of nitrogens with one attached hydrogen (secondary N) is 1. The van der Waals surface area contributed by atoms with Gasteiger partial charge >= 0.3 is 0 Å². The lowest BCUT2D eigenvalue weighted by Gasteiger charge is -2.34. The van der Waals surface area contributed by atoms with E-state index < -0.39 is 0 Å². The Morgan fingerprint density at radius 3 is 2.46 bits per heavy atom. The molecule has 1 aliphatic rings. The zero-order valence-electron chi connectivity index (χ0n) is 13.9. The van der Waals surface area contributed by atoms with Crippen LogP contribution in [-0.2, 0) is 4.79 Å². The molecule has 1 N–H and O–H groups in total. The van der Waals surface area contributed by atoms with E-state index in [1.807, 2.05) is 0 Å². The van der Waals surface area contributed by atoms with E-state index in [1.165, 1.54) is 0 Å². The number of hydrogen-bond donors (Lipinski definition) is 1. The van der Waals surface area contributed by atoms with Gasteiger partial charge in [0.25, 0.3) is 5.91 Å². The van der Waals surface area contributed by atoms with Crippen LogP contribution in [0.25, 0.3) is 0 Å². The number of amides is 2. The van der Waals surface area contributed by atoms with Gasteiger partial charge in [-0.15, -0.1) is 0 Å². The third-order valence-electron chi connectivity index (χ3n) is 4.05. The lowest BCUT2D eigenvalue weighted by atomic mass is 10.2. The van der Waals surface area contributed by atoms with Gasteiger partial charge in [-0.05, 0) is 24.6 Å². The van der Waals surface area contributed by atoms with Crippen molar-refractivity contribution in [2.75, 3.05) is 39.3 Å². The number of piperazine rings is 1. The van der Waals surface area contributed by atoms with Crippen molar-refractivity contribution in [3.05, 3.63) is 33.8 Å². The van der Waals surface area contributed by atoms with Crippen LogP contribution in [0.15, 0.2) is 18.2 Å². The molecule has 24 heavy (non-hydrogen) atoms. The smallest absolute Gasteiger partial charge is 0.253 e. The van der Waals surface area contributed by atoms with E-state index in [9.17, 15) is 9.59 Å². The zero-order valence-corrected chi connectivity index (χ0v) is 15.4. The second-order valence-electron chi connectivity index (χ2n) is 5.90. The van der Waals surface area contributed by atoms with Crippen molar-refractivity contribution < 1.29 is 9.59 Å². The van der Waals surface area contributed by atoms with Gasteiger partial charge in [0.15, 0.2) is 0 Å². The summed E-state index contributed by atoms with van der Waals surface area (Å²) in [5, 5.41) is 3.73. The number of carbonyl (C=O) groups is 2. The molecule has 7 heteroatoms. The average Bonchev–Trinajstić information content (AvgIpc) is 2.57. The van der Waals surface area contributed by atoms with Gasteiger partial charge in [0.05, 0.1) is 16.6 Å². The van der Waals surface area contributed by atoms with Crippen molar-refractivity contribution in [3.63, 3.8) is 0 Å². The molecule has 0 spiro atoms. The number of carbonyl (C=O) groups excluding carboxylic acids is 2. The summed E-state index contributed by atoms with van der Waals surface area (Å²) in [4.78, 5) is 28.2. The van der Waals surface area contributed by atoms with Crippen molar-refractivity contribution in [1.29, 1.82) is 0 Å². The maximum absolute atomic E-state index is 12.5. The minimum atomic E-state index is -0.0550. The van der Waals surface area contributed by atoms with Crippen LogP contribution in [0.1, 0.15) is 30.1 Å². The molecule has 132 valence electrons. The van der Waals surface area contributed by atoms with Crippen molar-refractivity contribution in [1.82, 2.24) is 15.1 Å². The molecule has 5 nitrogen and oxygen atoms in total. The van der Waals surface area contributed by atoms with Crippen LogP contribution in [0.4, 0.5) is 0 Å². The van der Waals surface area contributed by atoms with Crippen molar-refractivity contribution >= 4 is 35.0 Å². The molecule has 0 unspecified atom stereocenters. The molecule has 1 aliphatic heterocycles. The molecule has 1 aromatic carbocycles. The Balaban J connectivity index is 1.80. The maximum Gasteiger partial charge on any atom is 0.253 e. The Hall–Kier alpha value is -1.30. The van der Waals surface area contributed by atoms with E-state index in [0.717, 1.165) is 19.4 Å². The Morgan fingerprint density at radius 2 is 1.83 bits per heavy atom. The van der Waals surface area contributed by atoms with E-state index in [1.54, 1.807) is 23.1 Å². The normalized spacial score (nSPS) is 15.4. The highest BCUT2D eigenvalue weighted by atomic mass is 35.5. The third-order valence-corrected chi connectivity index (χ3v) is 4.78. The molecule has 0 atom stereocenters. The van der Waals surface area contributed by atoms with Crippen molar-refractivity contribution in [2.24, 2.45) is 0 Å². The average molecular weight is 372 g/mol. The van der Waals surface area contributed by atoms with Gasteiger partial charge in [-0.1, -0.05) is 36.5 Å². The molecular weight excluding hydrogens is 349 g/mol. The topological polar surface area (TPSA) is 52.7 Å². The molecule has 0 bridgehead atoms. The van der Waals surface area contributed by atoms with Gasteiger partial charge in [0, 0.05) is 38.3 Å². The zero-order chi connectivity index (χ0) is 17.5. The first-order valence-electron chi connectivity index (χ1n) is 8.24. The fourth-order valence-corrected chi connectivity index (χ4v) is 2.88. The van der Waals surface area contributed by atoms with Crippen LogP contribution in [0.2, 0.25) is 10.0 Å². The first kappa shape index (κ1) is 19.0. The number of halogens is 2. The summed E-state index contributed by atoms with van der Waals surface area (Å²) in [5.41, 5.74) is 0.537. The number of unbranched alkanes of at least 4 members (excludes halogenated alkanes) is 1. The molecular formula is C17H23Cl2N3O2. The standard InChI is InChI=1S/C17H23Cl2N3O2/c1-2-3-6-20-16(23)12-21-7-9-22(10-8-21)17(24)13-4-5-14(18)15(19)11-13/h4-5,11H,2-3,6-10,12H2,1H3,(H,20,23). The molecule has 1 heterocycles. The Bertz CT molecular complexity index is 587. The van der Waals surface area contributed by atoms with Crippen LogP contribution in [0.5, 0.6) is 0 Å². The SMILES string of the molecule is CCCCNC(=O)CN1CCN(C(=O)c2ccc(Cl)c(Cl)c2)CC1. The number of rotatable bonds is 6. The van der Waals surface area contributed by atoms with Crippen LogP contribution >= 0.6 is 23.2 Å². The predicted octanol–water partition coefficient (Wildman–Crippen LogP) is 2.67. The lowest BCUT2D eigenvalue weighted by molar-refractivity contribution is -0.122. The molecule has 1 aromatic rings. The van der Waals surface area contributed by atoms with Crippen molar-refractivity contribution in [2.45, 2.75) is 19.8 Å². The first-order valence-corrected chi connectivity index (χ1v) is 9.00. The Kier molecular flexibility index (Phi) is 7.34. The lowest BCUT2D eigenvalue weighted by Crippen LogP contribution is -2.51. The van der Waals surface area contributed by atoms with Gasteiger partial charge in [0.2, 0.25) is 5.91 Å². The summed E-state index contributed by atoms with van der Waals surface area (Å²) >= 11 is 11.9. The number of hydrogen-bond acceptors (Lipinski definition) is 3. The van der Waals surface area contributed by atoms with Crippen LogP contribution in [0.3, 0.4) is 0 Å². The highest BCUT2D eigenvalue weighted by Crippen LogP contribution is 2.23. The fourth-order valence-electron chi connectivity index (χ4n) is 2.58. The molecule has 0 aliphatic carbocycles. The molecule has 2 rings (SSSR count). The van der Waals surface area contributed by atoms with Crippen LogP contribution < -0.4 is 5.32 Å². The Labute approximate surface area is 152 Å². The second kappa shape index (κ2) is 9.25. The third kappa shape index (κ3) is 5.36. The van der Waals surface area contributed by atoms with Gasteiger partial charge in [0.1, 0.15) is 0 Å². The molecule has 0 aromatic heterocycles. The summed E-state index contributed by atoms with van der Waals surface area (Å²) in [7, 11) is 0. The molecule has 0 radical (unpaired) electrons. The molecule has 0 saturated carbocycles. The maximum atomic E-state index is 12.5. The summed E-state index contributed by atoms with van der Waals surface area (Å²) in [6.07, 6.45) is 2.06. The van der Waals surface area contributed by atoms with Crippen molar-refractivity contribution in [3.8, 4) is 0 Å². The summed E-state index contributed by atoms with van der Waals surface area (Å²) in [6.45, 7) is 5.78. The van der Waals surface area contributed by atoms with Crippen LogP contribution in [0, 0.1) is 0 Å². The minimum absolute atomic E-state index is 0.0488. The van der Waals surface area contributed by atoms with Gasteiger partial charge in [-0.25, -0.2) is 0 Å². The summed E-state index contributed by atoms with van der Waals surface area (Å²) < 4.78 is 0. The predicted molar refractivity (Wildman–Crippen MR) is 96.7 cm³/mol. The minimum Gasteiger partial charge on any atom is -0.355 e. The fraction of sp³-hybridized carbons (Fsp3) is 0.529. The largest absolute Gasteiger partial charge is 0.355 e. The first-order chi connectivity index (χ1) is 11.5. The highest BCUT2D eigenvalue weighted by Gasteiger charge is 2.23. The van der Waals surface area contributed by atoms with Crippen LogP contribution in [-0.4, -0.2) is 60.9 Å². The number of nitrogens with zero attached hydrogens (tertiary/aromatic N) is 2. The van der Waals surface area contributed by atoms with E-state index in [4.69, 9.17) is 23.2 Å². The van der Waals surface area contributed by atoms with Gasteiger partial charge < -0.3 is 10.2 Å². The summed E-state index contributed by atoms with van der Waals surface area (Å²) in [5.74, 6) is -0.00618. The van der Waals surface area contributed by atoms with Gasteiger partial charge in [-0.3, -0.25) is 14.5 Å². The van der Waals surface area contributed by atoms with E-state index in [0.29, 0.717) is 48.3 Å². The highest BCUT2D eigenvalue weighted by molar-refractivity contribution is 6.42. The van der Waals surface area contributed by atoms with Gasteiger partial charge in [-0.2, -0.15) is 0 Å². The van der Waals surface area contributed by atoms with E-state index >= 15 is 0 Å². The molecule has 2 amide bonds. The second-order valence-corrected chi connectivity index (χ2v) is 6.72. The Morgan fingerprint density at radius 1 is 1.12 bits per heavy atom. The quantitative estimate of drug-likeness (QED) is 0.782. The number of benzene rings is 1. The van der Waals surface area contributed by atoms with E-state index in [2.05, 4.69) is 17.1 Å². The molecule has 1 saturated heterocycles. The molecule has 1 fully saturated rings. The van der Waals surface area contributed by atoms with E-state index in [-0.39, 0.29) is 11.8 Å². The summed E-state index contributed by atoms with van der Waals surface area (Å²) in [6, 6.07) is 4.91.